The van der Waals surface area contributed by atoms with Gasteiger partial charge in [-0.2, -0.15) is 5.26 Å². The van der Waals surface area contributed by atoms with Crippen LogP contribution in [0, 0.1) is 17.2 Å². The second-order valence-corrected chi connectivity index (χ2v) is 4.63. The molecule has 1 saturated heterocycles. The summed E-state index contributed by atoms with van der Waals surface area (Å²) >= 11 is 0. The first kappa shape index (κ1) is 11.7. The Kier molecular flexibility index (Phi) is 3.21. The summed E-state index contributed by atoms with van der Waals surface area (Å²) in [5, 5.41) is 18.8. The van der Waals surface area contributed by atoms with Gasteiger partial charge in [0.1, 0.15) is 6.07 Å². The molecule has 2 rings (SSSR count). The molecule has 1 aromatic rings. The van der Waals surface area contributed by atoms with E-state index < -0.39 is 0 Å². The zero-order chi connectivity index (χ0) is 12.4. The highest BCUT2D eigenvalue weighted by atomic mass is 16.3. The standard InChI is InChI=1S/C13H17N3O/c1-9-5-6-16(8-12(9)17)11-4-2-3-10(7-14)13(11)15/h2-4,9,12,17H,5-6,8,15H2,1H3. The maximum Gasteiger partial charge on any atom is 0.101 e. The van der Waals surface area contributed by atoms with E-state index in [0.717, 1.165) is 18.7 Å². The van der Waals surface area contributed by atoms with Crippen molar-refractivity contribution >= 4 is 11.4 Å². The molecular weight excluding hydrogens is 214 g/mol. The number of nitrogens with two attached hydrogens (primary N) is 1. The Morgan fingerprint density at radius 1 is 1.53 bits per heavy atom. The highest BCUT2D eigenvalue weighted by Gasteiger charge is 2.25. The molecule has 1 aliphatic rings. The summed E-state index contributed by atoms with van der Waals surface area (Å²) in [5.74, 6) is 0.326. The minimum atomic E-state index is -0.325. The van der Waals surface area contributed by atoms with Gasteiger partial charge < -0.3 is 15.7 Å². The van der Waals surface area contributed by atoms with Gasteiger partial charge in [-0.15, -0.1) is 0 Å². The predicted octanol–water partition coefficient (Wildman–Crippen LogP) is 1.35. The number of hydrogen-bond acceptors (Lipinski definition) is 4. The quantitative estimate of drug-likeness (QED) is 0.715. The summed E-state index contributed by atoms with van der Waals surface area (Å²) in [6, 6.07) is 7.52. The lowest BCUT2D eigenvalue weighted by atomic mass is 9.95. The van der Waals surface area contributed by atoms with Crippen LogP contribution in [0.25, 0.3) is 0 Å². The highest BCUT2D eigenvalue weighted by Crippen LogP contribution is 2.30. The van der Waals surface area contributed by atoms with Crippen LogP contribution in [-0.2, 0) is 0 Å². The van der Waals surface area contributed by atoms with Gasteiger partial charge in [0.05, 0.1) is 23.0 Å². The number of rotatable bonds is 1. The Morgan fingerprint density at radius 3 is 2.94 bits per heavy atom. The van der Waals surface area contributed by atoms with E-state index >= 15 is 0 Å². The number of anilines is 2. The SMILES string of the molecule is CC1CCN(c2cccc(C#N)c2N)CC1O. The molecule has 0 aromatic heterocycles. The Bertz CT molecular complexity index is 452. The Morgan fingerprint density at radius 2 is 2.29 bits per heavy atom. The Hall–Kier alpha value is -1.73. The molecule has 17 heavy (non-hydrogen) atoms. The lowest BCUT2D eigenvalue weighted by Crippen LogP contribution is -2.43. The minimum absolute atomic E-state index is 0.325. The van der Waals surface area contributed by atoms with Crippen LogP contribution in [0.15, 0.2) is 18.2 Å². The smallest absolute Gasteiger partial charge is 0.101 e. The number of benzene rings is 1. The van der Waals surface area contributed by atoms with Crippen molar-refractivity contribution in [2.75, 3.05) is 23.7 Å². The van der Waals surface area contributed by atoms with Crippen molar-refractivity contribution in [1.82, 2.24) is 0 Å². The molecule has 0 bridgehead atoms. The molecule has 3 N–H and O–H groups in total. The summed E-state index contributed by atoms with van der Waals surface area (Å²) in [6.07, 6.45) is 0.617. The van der Waals surface area contributed by atoms with Crippen molar-refractivity contribution in [3.8, 4) is 6.07 Å². The van der Waals surface area contributed by atoms with Gasteiger partial charge in [0.25, 0.3) is 0 Å². The van der Waals surface area contributed by atoms with Crippen molar-refractivity contribution in [2.24, 2.45) is 5.92 Å². The third-order valence-corrected chi connectivity index (χ3v) is 3.46. The number of hydrogen-bond donors (Lipinski definition) is 2. The number of nitrogen functional groups attached to an aromatic ring is 1. The first-order valence-electron chi connectivity index (χ1n) is 5.85. The fourth-order valence-corrected chi connectivity index (χ4v) is 2.19. The third-order valence-electron chi connectivity index (χ3n) is 3.46. The van der Waals surface area contributed by atoms with E-state index in [2.05, 4.69) is 17.9 Å². The molecule has 0 radical (unpaired) electrons. The summed E-state index contributed by atoms with van der Waals surface area (Å²) in [5.41, 5.74) is 7.82. The maximum atomic E-state index is 9.88. The summed E-state index contributed by atoms with van der Waals surface area (Å²) in [7, 11) is 0. The molecule has 4 nitrogen and oxygen atoms in total. The van der Waals surface area contributed by atoms with E-state index in [-0.39, 0.29) is 6.10 Å². The zero-order valence-electron chi connectivity index (χ0n) is 9.93. The van der Waals surface area contributed by atoms with Crippen LogP contribution in [0.1, 0.15) is 18.9 Å². The van der Waals surface area contributed by atoms with Gasteiger partial charge in [0.15, 0.2) is 0 Å². The van der Waals surface area contributed by atoms with Crippen LogP contribution in [0.2, 0.25) is 0 Å². The van der Waals surface area contributed by atoms with Gasteiger partial charge in [-0.3, -0.25) is 0 Å². The first-order valence-corrected chi connectivity index (χ1v) is 5.85. The molecule has 90 valence electrons. The minimum Gasteiger partial charge on any atom is -0.396 e. The van der Waals surface area contributed by atoms with Crippen LogP contribution < -0.4 is 10.6 Å². The van der Waals surface area contributed by atoms with E-state index in [1.165, 1.54) is 0 Å². The Labute approximate surface area is 101 Å². The fraction of sp³-hybridized carbons (Fsp3) is 0.462. The van der Waals surface area contributed by atoms with Crippen molar-refractivity contribution in [3.05, 3.63) is 23.8 Å². The van der Waals surface area contributed by atoms with E-state index in [0.29, 0.717) is 23.7 Å². The van der Waals surface area contributed by atoms with Gasteiger partial charge in [-0.05, 0) is 24.5 Å². The van der Waals surface area contributed by atoms with Gasteiger partial charge in [0.2, 0.25) is 0 Å². The summed E-state index contributed by atoms with van der Waals surface area (Å²) in [6.45, 7) is 3.51. The fourth-order valence-electron chi connectivity index (χ4n) is 2.19. The molecule has 0 aliphatic carbocycles. The molecule has 0 saturated carbocycles. The van der Waals surface area contributed by atoms with E-state index in [9.17, 15) is 5.11 Å². The monoisotopic (exact) mass is 231 g/mol. The Balaban J connectivity index is 2.27. The van der Waals surface area contributed by atoms with Crippen molar-refractivity contribution in [1.29, 1.82) is 5.26 Å². The zero-order valence-corrected chi connectivity index (χ0v) is 9.93. The molecular formula is C13H17N3O. The second-order valence-electron chi connectivity index (χ2n) is 4.63. The van der Waals surface area contributed by atoms with E-state index in [1.54, 1.807) is 6.07 Å². The molecule has 1 aromatic carbocycles. The van der Waals surface area contributed by atoms with Crippen molar-refractivity contribution in [2.45, 2.75) is 19.4 Å². The lowest BCUT2D eigenvalue weighted by molar-refractivity contribution is 0.103. The number of aliphatic hydroxyl groups is 1. The van der Waals surface area contributed by atoms with Gasteiger partial charge in [0, 0.05) is 13.1 Å². The lowest BCUT2D eigenvalue weighted by Gasteiger charge is -2.36. The molecule has 1 fully saturated rings. The average Bonchev–Trinajstić information content (AvgIpc) is 2.33. The number of para-hydroxylation sites is 1. The van der Waals surface area contributed by atoms with E-state index in [1.807, 2.05) is 12.1 Å². The summed E-state index contributed by atoms with van der Waals surface area (Å²) in [4.78, 5) is 2.06. The second kappa shape index (κ2) is 4.64. The van der Waals surface area contributed by atoms with Crippen LogP contribution in [0.3, 0.4) is 0 Å². The topological polar surface area (TPSA) is 73.3 Å². The molecule has 1 heterocycles. The van der Waals surface area contributed by atoms with Crippen LogP contribution in [0.4, 0.5) is 11.4 Å². The van der Waals surface area contributed by atoms with Crippen LogP contribution in [0.5, 0.6) is 0 Å². The molecule has 2 unspecified atom stereocenters. The number of nitriles is 1. The highest BCUT2D eigenvalue weighted by molar-refractivity contribution is 5.74. The van der Waals surface area contributed by atoms with Crippen LogP contribution >= 0.6 is 0 Å². The van der Waals surface area contributed by atoms with Crippen molar-refractivity contribution < 1.29 is 5.11 Å². The number of β-amino-alcohol motifs (C(OH)–C–C–N with tert-alkyl or cyclic N) is 1. The number of nitrogens with zero attached hydrogens (tertiary/aromatic N) is 2. The normalized spacial score (nSPS) is 24.4. The van der Waals surface area contributed by atoms with Crippen LogP contribution in [-0.4, -0.2) is 24.3 Å². The molecule has 0 spiro atoms. The maximum absolute atomic E-state index is 9.88. The molecule has 1 aliphatic heterocycles. The van der Waals surface area contributed by atoms with Gasteiger partial charge in [-0.1, -0.05) is 13.0 Å². The largest absolute Gasteiger partial charge is 0.396 e. The average molecular weight is 231 g/mol. The van der Waals surface area contributed by atoms with Gasteiger partial charge in [-0.25, -0.2) is 0 Å². The van der Waals surface area contributed by atoms with Crippen molar-refractivity contribution in [3.63, 3.8) is 0 Å². The van der Waals surface area contributed by atoms with Gasteiger partial charge >= 0.3 is 0 Å². The number of aliphatic hydroxyl groups excluding tert-OH is 1. The molecule has 2 atom stereocenters. The first-order chi connectivity index (χ1) is 8.13. The third kappa shape index (κ3) is 2.20. The summed E-state index contributed by atoms with van der Waals surface area (Å²) < 4.78 is 0. The number of piperidine rings is 1. The predicted molar refractivity (Wildman–Crippen MR) is 67.6 cm³/mol. The molecule has 4 heteroatoms. The molecule has 0 amide bonds. The van der Waals surface area contributed by atoms with E-state index in [4.69, 9.17) is 11.0 Å².